The molecule has 1 heterocycles. The van der Waals surface area contributed by atoms with E-state index in [0.717, 1.165) is 11.3 Å². The van der Waals surface area contributed by atoms with Crippen molar-refractivity contribution >= 4 is 32.3 Å². The lowest BCUT2D eigenvalue weighted by atomic mass is 10.4. The largest absolute Gasteiger partial charge is 0.465 e. The van der Waals surface area contributed by atoms with Crippen LogP contribution in [0.4, 0.5) is 5.13 Å². The van der Waals surface area contributed by atoms with Gasteiger partial charge in [-0.3, -0.25) is 0 Å². The highest BCUT2D eigenvalue weighted by Crippen LogP contribution is 2.23. The van der Waals surface area contributed by atoms with Gasteiger partial charge in [-0.05, 0) is 13.8 Å². The summed E-state index contributed by atoms with van der Waals surface area (Å²) in [5.74, 6) is -0.423. The fourth-order valence-corrected chi connectivity index (χ4v) is 3.43. The van der Waals surface area contributed by atoms with Crippen LogP contribution in [0, 0.1) is 6.92 Å². The Morgan fingerprint density at radius 1 is 1.56 bits per heavy atom. The van der Waals surface area contributed by atoms with Gasteiger partial charge in [-0.25, -0.2) is 18.2 Å². The molecule has 1 unspecified atom stereocenters. The van der Waals surface area contributed by atoms with Crippen molar-refractivity contribution in [3.63, 3.8) is 0 Å². The first kappa shape index (κ1) is 14.9. The summed E-state index contributed by atoms with van der Waals surface area (Å²) < 4.78 is 26.9. The average molecular weight is 292 g/mol. The summed E-state index contributed by atoms with van der Waals surface area (Å²) >= 11 is 1.15. The molecule has 1 N–H and O–H groups in total. The molecule has 0 saturated carbocycles. The molecule has 0 amide bonds. The van der Waals surface area contributed by atoms with E-state index in [2.05, 4.69) is 15.0 Å². The van der Waals surface area contributed by atoms with E-state index in [1.807, 2.05) is 0 Å². The van der Waals surface area contributed by atoms with Crippen LogP contribution in [0.1, 0.15) is 22.3 Å². The average Bonchev–Trinajstić information content (AvgIpc) is 2.55. The van der Waals surface area contributed by atoms with Crippen LogP contribution >= 0.6 is 11.3 Å². The van der Waals surface area contributed by atoms with E-state index in [1.54, 1.807) is 13.8 Å². The van der Waals surface area contributed by atoms with Gasteiger partial charge < -0.3 is 10.1 Å². The van der Waals surface area contributed by atoms with E-state index in [0.29, 0.717) is 15.7 Å². The van der Waals surface area contributed by atoms with Crippen molar-refractivity contribution in [2.24, 2.45) is 0 Å². The third-order valence-corrected chi connectivity index (χ3v) is 4.26. The first-order valence-corrected chi connectivity index (χ1v) is 8.10. The lowest BCUT2D eigenvalue weighted by molar-refractivity contribution is 0.0605. The minimum atomic E-state index is -3.05. The molecule has 0 fully saturated rings. The first-order chi connectivity index (χ1) is 8.23. The molecule has 0 aromatic carbocycles. The number of esters is 1. The van der Waals surface area contributed by atoms with Crippen molar-refractivity contribution in [3.8, 4) is 0 Å². The molecule has 6 nitrogen and oxygen atoms in total. The van der Waals surface area contributed by atoms with Gasteiger partial charge in [0.15, 0.2) is 5.13 Å². The number of thiazole rings is 1. The summed E-state index contributed by atoms with van der Waals surface area (Å²) in [4.78, 5) is 16.0. The number of aromatic nitrogens is 1. The molecule has 0 aliphatic carbocycles. The van der Waals surface area contributed by atoms with Crippen LogP contribution in [-0.4, -0.2) is 44.5 Å². The van der Waals surface area contributed by atoms with Gasteiger partial charge >= 0.3 is 5.97 Å². The summed E-state index contributed by atoms with van der Waals surface area (Å²) in [7, 11) is -1.74. The molecule has 0 saturated heterocycles. The molecule has 0 aliphatic heterocycles. The van der Waals surface area contributed by atoms with Gasteiger partial charge in [0.2, 0.25) is 0 Å². The van der Waals surface area contributed by atoms with Gasteiger partial charge in [0.1, 0.15) is 14.7 Å². The summed E-state index contributed by atoms with van der Waals surface area (Å²) in [6.07, 6.45) is 1.18. The molecule has 1 aromatic heterocycles. The van der Waals surface area contributed by atoms with Crippen molar-refractivity contribution in [2.75, 3.05) is 24.4 Å². The number of ether oxygens (including phenoxy) is 1. The van der Waals surface area contributed by atoms with E-state index in [9.17, 15) is 13.2 Å². The molecule has 8 heteroatoms. The third kappa shape index (κ3) is 4.26. The molecular weight excluding hydrogens is 276 g/mol. The Hall–Kier alpha value is -1.15. The molecule has 102 valence electrons. The highest BCUT2D eigenvalue weighted by Gasteiger charge is 2.17. The van der Waals surface area contributed by atoms with E-state index < -0.39 is 15.8 Å². The highest BCUT2D eigenvalue weighted by molar-refractivity contribution is 7.90. The third-order valence-electron chi connectivity index (χ3n) is 2.09. The molecule has 1 aromatic rings. The van der Waals surface area contributed by atoms with Crippen LogP contribution in [0.25, 0.3) is 0 Å². The lowest BCUT2D eigenvalue weighted by Crippen LogP contribution is -2.24. The highest BCUT2D eigenvalue weighted by atomic mass is 32.2. The Morgan fingerprint density at radius 3 is 2.67 bits per heavy atom. The number of hydrogen-bond donors (Lipinski definition) is 1. The number of carbonyl (C=O) groups excluding carboxylic acids is 1. The fraction of sp³-hybridized carbons (Fsp3) is 0.600. The summed E-state index contributed by atoms with van der Waals surface area (Å²) in [6.45, 7) is 3.45. The Bertz CT molecular complexity index is 536. The fourth-order valence-electron chi connectivity index (χ4n) is 1.45. The number of rotatable bonds is 5. The Morgan fingerprint density at radius 2 is 2.17 bits per heavy atom. The van der Waals surface area contributed by atoms with Crippen LogP contribution in [0.3, 0.4) is 0 Å². The number of anilines is 1. The number of methoxy groups -OCH3 is 1. The Kier molecular flexibility index (Phi) is 4.69. The first-order valence-electron chi connectivity index (χ1n) is 5.23. The molecule has 0 bridgehead atoms. The van der Waals surface area contributed by atoms with Gasteiger partial charge in [0.05, 0.1) is 18.6 Å². The molecule has 0 aliphatic rings. The number of carbonyl (C=O) groups is 1. The van der Waals surface area contributed by atoms with E-state index in [-0.39, 0.29) is 11.8 Å². The number of nitrogens with one attached hydrogen (secondary N) is 1. The predicted octanol–water partition coefficient (Wildman–Crippen LogP) is 1.08. The predicted molar refractivity (Wildman–Crippen MR) is 71.0 cm³/mol. The van der Waals surface area contributed by atoms with Crippen molar-refractivity contribution in [1.82, 2.24) is 4.98 Å². The maximum atomic E-state index is 11.4. The monoisotopic (exact) mass is 292 g/mol. The summed E-state index contributed by atoms with van der Waals surface area (Å²) in [5.41, 5.74) is 0.570. The smallest absolute Gasteiger partial charge is 0.350 e. The van der Waals surface area contributed by atoms with Crippen LogP contribution < -0.4 is 5.32 Å². The van der Waals surface area contributed by atoms with Gasteiger partial charge in [-0.2, -0.15) is 0 Å². The van der Waals surface area contributed by atoms with E-state index in [1.165, 1.54) is 13.4 Å². The number of nitrogens with zero attached hydrogens (tertiary/aromatic N) is 1. The SMILES string of the molecule is COC(=O)c1sc(NC(C)CS(C)(=O)=O)nc1C. The second kappa shape index (κ2) is 5.66. The van der Waals surface area contributed by atoms with Crippen LogP contribution in [-0.2, 0) is 14.6 Å². The normalized spacial score (nSPS) is 13.1. The van der Waals surface area contributed by atoms with Gasteiger partial charge in [-0.15, -0.1) is 0 Å². The van der Waals surface area contributed by atoms with Gasteiger partial charge in [-0.1, -0.05) is 11.3 Å². The lowest BCUT2D eigenvalue weighted by Gasteiger charge is -2.10. The molecular formula is C10H16N2O4S2. The topological polar surface area (TPSA) is 85.4 Å². The molecule has 1 atom stereocenters. The zero-order chi connectivity index (χ0) is 13.9. The summed E-state index contributed by atoms with van der Waals surface area (Å²) in [6, 6.07) is -0.268. The zero-order valence-electron chi connectivity index (χ0n) is 10.7. The molecule has 1 rings (SSSR count). The minimum absolute atomic E-state index is 0.0131. The van der Waals surface area contributed by atoms with E-state index >= 15 is 0 Å². The second-order valence-electron chi connectivity index (χ2n) is 4.06. The Labute approximate surface area is 110 Å². The number of sulfone groups is 1. The van der Waals surface area contributed by atoms with Crippen molar-refractivity contribution in [3.05, 3.63) is 10.6 Å². The minimum Gasteiger partial charge on any atom is -0.465 e. The van der Waals surface area contributed by atoms with Crippen LogP contribution in [0.2, 0.25) is 0 Å². The molecule has 0 radical (unpaired) electrons. The molecule has 0 spiro atoms. The van der Waals surface area contributed by atoms with E-state index in [4.69, 9.17) is 0 Å². The van der Waals surface area contributed by atoms with Crippen LogP contribution in [0.15, 0.2) is 0 Å². The maximum absolute atomic E-state index is 11.4. The number of hydrogen-bond acceptors (Lipinski definition) is 7. The van der Waals surface area contributed by atoms with Crippen LogP contribution in [0.5, 0.6) is 0 Å². The molecule has 18 heavy (non-hydrogen) atoms. The van der Waals surface area contributed by atoms with Gasteiger partial charge in [0.25, 0.3) is 0 Å². The van der Waals surface area contributed by atoms with Crippen molar-refractivity contribution in [1.29, 1.82) is 0 Å². The Balaban J connectivity index is 2.78. The second-order valence-corrected chi connectivity index (χ2v) is 7.25. The van der Waals surface area contributed by atoms with Crippen molar-refractivity contribution < 1.29 is 17.9 Å². The summed E-state index contributed by atoms with van der Waals surface area (Å²) in [5, 5.41) is 3.48. The van der Waals surface area contributed by atoms with Gasteiger partial charge in [0, 0.05) is 12.3 Å². The standard InChI is InChI=1S/C10H16N2O4S2/c1-6(5-18(4,14)15)11-10-12-7(2)8(17-10)9(13)16-3/h6H,5H2,1-4H3,(H,11,12). The van der Waals surface area contributed by atoms with Crippen molar-refractivity contribution in [2.45, 2.75) is 19.9 Å². The quantitative estimate of drug-likeness (QED) is 0.817. The number of aryl methyl sites for hydroxylation is 1. The zero-order valence-corrected chi connectivity index (χ0v) is 12.3. The maximum Gasteiger partial charge on any atom is 0.350 e.